The summed E-state index contributed by atoms with van der Waals surface area (Å²) in [4.78, 5) is 0. The van der Waals surface area contributed by atoms with E-state index < -0.39 is 0 Å². The largest absolute Gasteiger partial charge is 0.493 e. The van der Waals surface area contributed by atoms with Gasteiger partial charge in [-0.05, 0) is 31.4 Å². The first-order chi connectivity index (χ1) is 8.36. The SMILES string of the molecule is CCCCOc1cccc(OCCCCO)c1. The van der Waals surface area contributed by atoms with Crippen molar-refractivity contribution in [1.82, 2.24) is 0 Å². The Hall–Kier alpha value is -1.22. The monoisotopic (exact) mass is 238 g/mol. The minimum atomic E-state index is 0.226. The Morgan fingerprint density at radius 1 is 1.00 bits per heavy atom. The summed E-state index contributed by atoms with van der Waals surface area (Å²) in [6.45, 7) is 3.76. The molecule has 96 valence electrons. The fourth-order valence-corrected chi connectivity index (χ4v) is 1.39. The highest BCUT2D eigenvalue weighted by molar-refractivity contribution is 5.32. The van der Waals surface area contributed by atoms with E-state index in [2.05, 4.69) is 6.92 Å². The molecule has 1 aromatic carbocycles. The molecule has 0 aliphatic carbocycles. The Balaban J connectivity index is 2.31. The fourth-order valence-electron chi connectivity index (χ4n) is 1.39. The molecular formula is C14H22O3. The van der Waals surface area contributed by atoms with Crippen molar-refractivity contribution in [1.29, 1.82) is 0 Å². The Labute approximate surface area is 103 Å². The molecule has 0 unspecified atom stereocenters. The van der Waals surface area contributed by atoms with E-state index in [0.29, 0.717) is 6.61 Å². The quantitative estimate of drug-likeness (QED) is 0.672. The summed E-state index contributed by atoms with van der Waals surface area (Å²) in [5.74, 6) is 1.69. The number of unbranched alkanes of at least 4 members (excludes halogenated alkanes) is 2. The smallest absolute Gasteiger partial charge is 0.122 e. The molecule has 1 rings (SSSR count). The van der Waals surface area contributed by atoms with Crippen LogP contribution in [0.5, 0.6) is 11.5 Å². The van der Waals surface area contributed by atoms with E-state index >= 15 is 0 Å². The fraction of sp³-hybridized carbons (Fsp3) is 0.571. The molecule has 3 heteroatoms. The topological polar surface area (TPSA) is 38.7 Å². The van der Waals surface area contributed by atoms with Crippen molar-refractivity contribution < 1.29 is 14.6 Å². The summed E-state index contributed by atoms with van der Waals surface area (Å²) in [5, 5.41) is 8.65. The third kappa shape index (κ3) is 6.17. The van der Waals surface area contributed by atoms with E-state index in [4.69, 9.17) is 14.6 Å². The summed E-state index contributed by atoms with van der Waals surface area (Å²) < 4.78 is 11.2. The normalized spacial score (nSPS) is 10.2. The van der Waals surface area contributed by atoms with Gasteiger partial charge >= 0.3 is 0 Å². The first-order valence-electron chi connectivity index (χ1n) is 6.33. The molecular weight excluding hydrogens is 216 g/mol. The molecule has 1 N–H and O–H groups in total. The highest BCUT2D eigenvalue weighted by atomic mass is 16.5. The van der Waals surface area contributed by atoms with Gasteiger partial charge in [-0.2, -0.15) is 0 Å². The van der Waals surface area contributed by atoms with Crippen LogP contribution in [-0.2, 0) is 0 Å². The maximum atomic E-state index is 8.65. The first-order valence-corrected chi connectivity index (χ1v) is 6.33. The molecule has 0 aromatic heterocycles. The van der Waals surface area contributed by atoms with Gasteiger partial charge in [0.15, 0.2) is 0 Å². The number of hydrogen-bond acceptors (Lipinski definition) is 3. The second kappa shape index (κ2) is 8.88. The molecule has 0 aliphatic rings. The third-order valence-electron chi connectivity index (χ3n) is 2.39. The lowest BCUT2D eigenvalue weighted by molar-refractivity contribution is 0.252. The molecule has 0 bridgehead atoms. The Kier molecular flexibility index (Phi) is 7.23. The van der Waals surface area contributed by atoms with Gasteiger partial charge in [0.2, 0.25) is 0 Å². The molecule has 3 nitrogen and oxygen atoms in total. The van der Waals surface area contributed by atoms with Crippen LogP contribution in [0.1, 0.15) is 32.6 Å². The Morgan fingerprint density at radius 3 is 2.24 bits per heavy atom. The molecule has 0 amide bonds. The molecule has 0 fully saturated rings. The number of rotatable bonds is 9. The van der Waals surface area contributed by atoms with Gasteiger partial charge in [0.05, 0.1) is 13.2 Å². The molecule has 17 heavy (non-hydrogen) atoms. The number of hydrogen-bond donors (Lipinski definition) is 1. The van der Waals surface area contributed by atoms with Crippen LogP contribution in [0.15, 0.2) is 24.3 Å². The van der Waals surface area contributed by atoms with E-state index in [1.54, 1.807) is 0 Å². The number of ether oxygens (including phenoxy) is 2. The first kappa shape index (κ1) is 13.8. The van der Waals surface area contributed by atoms with Crippen LogP contribution < -0.4 is 9.47 Å². The predicted molar refractivity (Wildman–Crippen MR) is 68.7 cm³/mol. The Bertz CT molecular complexity index is 299. The number of aliphatic hydroxyl groups excluding tert-OH is 1. The van der Waals surface area contributed by atoms with Crippen LogP contribution in [0.2, 0.25) is 0 Å². The van der Waals surface area contributed by atoms with Gasteiger partial charge in [-0.3, -0.25) is 0 Å². The van der Waals surface area contributed by atoms with Crippen LogP contribution in [-0.4, -0.2) is 24.9 Å². The van der Waals surface area contributed by atoms with Crippen LogP contribution in [0.4, 0.5) is 0 Å². The summed E-state index contributed by atoms with van der Waals surface area (Å²) in [5.41, 5.74) is 0. The van der Waals surface area contributed by atoms with Crippen molar-refractivity contribution in [2.24, 2.45) is 0 Å². The lowest BCUT2D eigenvalue weighted by atomic mass is 10.3. The van der Waals surface area contributed by atoms with Gasteiger partial charge < -0.3 is 14.6 Å². The molecule has 0 aliphatic heterocycles. The zero-order chi connectivity index (χ0) is 12.3. The van der Waals surface area contributed by atoms with Crippen molar-refractivity contribution in [3.05, 3.63) is 24.3 Å². The maximum absolute atomic E-state index is 8.65. The molecule has 0 spiro atoms. The zero-order valence-corrected chi connectivity index (χ0v) is 10.5. The van der Waals surface area contributed by atoms with E-state index in [1.807, 2.05) is 24.3 Å². The minimum Gasteiger partial charge on any atom is -0.493 e. The van der Waals surface area contributed by atoms with Crippen molar-refractivity contribution in [2.75, 3.05) is 19.8 Å². The maximum Gasteiger partial charge on any atom is 0.122 e. The van der Waals surface area contributed by atoms with E-state index in [0.717, 1.165) is 43.8 Å². The second-order valence-corrected chi connectivity index (χ2v) is 3.96. The molecule has 1 aromatic rings. The minimum absolute atomic E-state index is 0.226. The van der Waals surface area contributed by atoms with Crippen molar-refractivity contribution in [2.45, 2.75) is 32.6 Å². The highest BCUT2D eigenvalue weighted by Crippen LogP contribution is 2.19. The number of benzene rings is 1. The van der Waals surface area contributed by atoms with Crippen molar-refractivity contribution in [3.63, 3.8) is 0 Å². The van der Waals surface area contributed by atoms with Crippen LogP contribution >= 0.6 is 0 Å². The summed E-state index contributed by atoms with van der Waals surface area (Å²) >= 11 is 0. The second-order valence-electron chi connectivity index (χ2n) is 3.96. The van der Waals surface area contributed by atoms with Crippen LogP contribution in [0, 0.1) is 0 Å². The zero-order valence-electron chi connectivity index (χ0n) is 10.5. The van der Waals surface area contributed by atoms with Crippen molar-refractivity contribution in [3.8, 4) is 11.5 Å². The highest BCUT2D eigenvalue weighted by Gasteiger charge is 1.97. The van der Waals surface area contributed by atoms with Gasteiger partial charge in [0, 0.05) is 12.7 Å². The average molecular weight is 238 g/mol. The average Bonchev–Trinajstić information content (AvgIpc) is 2.36. The summed E-state index contributed by atoms with van der Waals surface area (Å²) in [6.07, 6.45) is 3.86. The molecule has 0 saturated carbocycles. The molecule has 0 atom stereocenters. The Morgan fingerprint density at radius 2 is 1.65 bits per heavy atom. The van der Waals surface area contributed by atoms with Gasteiger partial charge in [0.25, 0.3) is 0 Å². The molecule has 0 heterocycles. The van der Waals surface area contributed by atoms with E-state index in [-0.39, 0.29) is 6.61 Å². The van der Waals surface area contributed by atoms with Crippen LogP contribution in [0.25, 0.3) is 0 Å². The number of aliphatic hydroxyl groups is 1. The van der Waals surface area contributed by atoms with Gasteiger partial charge in [-0.25, -0.2) is 0 Å². The van der Waals surface area contributed by atoms with Crippen molar-refractivity contribution >= 4 is 0 Å². The van der Waals surface area contributed by atoms with E-state index in [9.17, 15) is 0 Å². The summed E-state index contributed by atoms with van der Waals surface area (Å²) in [7, 11) is 0. The molecule has 0 saturated heterocycles. The molecule has 0 radical (unpaired) electrons. The van der Waals surface area contributed by atoms with Gasteiger partial charge in [-0.15, -0.1) is 0 Å². The third-order valence-corrected chi connectivity index (χ3v) is 2.39. The predicted octanol–water partition coefficient (Wildman–Crippen LogP) is 3.02. The summed E-state index contributed by atoms with van der Waals surface area (Å²) in [6, 6.07) is 7.71. The van der Waals surface area contributed by atoms with Gasteiger partial charge in [-0.1, -0.05) is 19.4 Å². The lowest BCUT2D eigenvalue weighted by Gasteiger charge is -2.09. The lowest BCUT2D eigenvalue weighted by Crippen LogP contribution is -2.00. The van der Waals surface area contributed by atoms with E-state index in [1.165, 1.54) is 0 Å². The van der Waals surface area contributed by atoms with Gasteiger partial charge in [0.1, 0.15) is 11.5 Å². The standard InChI is InChI=1S/C14H22O3/c1-2-3-10-16-13-7-6-8-14(12-13)17-11-5-4-9-15/h6-8,12,15H,2-5,9-11H2,1H3. The van der Waals surface area contributed by atoms with Crippen LogP contribution in [0.3, 0.4) is 0 Å².